The van der Waals surface area contributed by atoms with Crippen molar-refractivity contribution < 1.29 is 44.2 Å². The van der Waals surface area contributed by atoms with Gasteiger partial charge in [0.1, 0.15) is 18.3 Å². The molecule has 0 saturated heterocycles. The lowest BCUT2D eigenvalue weighted by Crippen LogP contribution is -2.50. The van der Waals surface area contributed by atoms with Gasteiger partial charge in [0.2, 0.25) is 0 Å². The van der Waals surface area contributed by atoms with E-state index in [0.29, 0.717) is 19.1 Å². The van der Waals surface area contributed by atoms with E-state index in [2.05, 4.69) is 6.55 Å². The van der Waals surface area contributed by atoms with Crippen LogP contribution < -0.4 is 0 Å². The third-order valence-electron chi connectivity index (χ3n) is 4.25. The fourth-order valence-corrected chi connectivity index (χ4v) is 3.69. The normalized spacial score (nSPS) is 18.3. The van der Waals surface area contributed by atoms with Gasteiger partial charge in [0, 0.05) is 40.0 Å². The first-order chi connectivity index (χ1) is 12.6. The molecule has 27 heavy (non-hydrogen) atoms. The maximum absolute atomic E-state index is 9.97. The topological polar surface area (TPSA) is 152 Å². The lowest BCUT2D eigenvalue weighted by atomic mass is 10.0. The van der Waals surface area contributed by atoms with E-state index >= 15 is 0 Å². The van der Waals surface area contributed by atoms with Crippen LogP contribution in [0.5, 0.6) is 0 Å². The molecule has 0 bridgehead atoms. The van der Waals surface area contributed by atoms with Gasteiger partial charge >= 0.3 is 8.56 Å². The molecule has 0 aliphatic rings. The fourth-order valence-electron chi connectivity index (χ4n) is 2.43. The molecular weight excluding hydrogens is 378 g/mol. The summed E-state index contributed by atoms with van der Waals surface area (Å²) >= 11 is 0. The molecule has 0 fully saturated rings. The minimum Gasteiger partial charge on any atom is -0.394 e. The quantitative estimate of drug-likeness (QED) is 0.0889. The van der Waals surface area contributed by atoms with E-state index in [-0.39, 0.29) is 19.7 Å². The smallest absolute Gasteiger partial charge is 0.394 e. The molecule has 0 heterocycles. The summed E-state index contributed by atoms with van der Waals surface area (Å²) in [7, 11) is 2.40. The van der Waals surface area contributed by atoms with Crippen LogP contribution in [0.15, 0.2) is 0 Å². The number of aliphatic hydroxyl groups excluding tert-OH is 6. The molecule has 0 amide bonds. The number of likely N-dealkylation sites (N-methyl/N-ethyl adjacent to an activating group) is 1. The molecule has 10 nitrogen and oxygen atoms in total. The number of nitrogens with zero attached hydrogens (tertiary/aromatic N) is 1. The van der Waals surface area contributed by atoms with E-state index in [0.717, 1.165) is 0 Å². The molecule has 0 saturated carbocycles. The molecule has 11 heteroatoms. The van der Waals surface area contributed by atoms with Crippen molar-refractivity contribution in [2.45, 2.75) is 43.0 Å². The van der Waals surface area contributed by atoms with Crippen molar-refractivity contribution in [3.8, 4) is 0 Å². The Bertz CT molecular complexity index is 376. The predicted molar refractivity (Wildman–Crippen MR) is 100.0 cm³/mol. The fraction of sp³-hybridized carbons (Fsp3) is 0.938. The lowest BCUT2D eigenvalue weighted by Gasteiger charge is -2.29. The van der Waals surface area contributed by atoms with Crippen LogP contribution in [0.25, 0.3) is 0 Å². The van der Waals surface area contributed by atoms with Gasteiger partial charge in [-0.2, -0.15) is 0 Å². The molecule has 6 N–H and O–H groups in total. The van der Waals surface area contributed by atoms with Gasteiger partial charge in [-0.3, -0.25) is 0 Å². The maximum atomic E-state index is 9.97. The first-order valence-corrected chi connectivity index (χ1v) is 11.1. The molecule has 5 unspecified atom stereocenters. The average Bonchev–Trinajstić information content (AvgIpc) is 2.65. The Labute approximate surface area is 162 Å². The molecule has 0 aromatic heterocycles. The number of aliphatic hydroxyl groups is 6. The molecule has 0 aromatic carbocycles. The van der Waals surface area contributed by atoms with Crippen molar-refractivity contribution in [2.24, 2.45) is 0 Å². The molecule has 0 aliphatic carbocycles. The third-order valence-corrected chi connectivity index (χ3v) is 6.85. The Kier molecular flexibility index (Phi) is 13.6. The highest BCUT2D eigenvalue weighted by molar-refractivity contribution is 6.69. The summed E-state index contributed by atoms with van der Waals surface area (Å²) in [4.78, 5) is 1.56. The summed E-state index contributed by atoms with van der Waals surface area (Å²) in [6.07, 6.45) is -6.33. The van der Waals surface area contributed by atoms with Gasteiger partial charge < -0.3 is 49.1 Å². The maximum Gasteiger partial charge on any atom is 0.568 e. The summed E-state index contributed by atoms with van der Waals surface area (Å²) in [5.41, 5.74) is 0. The first-order valence-electron chi connectivity index (χ1n) is 8.83. The molecule has 0 aliphatic heterocycles. The number of rotatable bonds is 16. The van der Waals surface area contributed by atoms with Gasteiger partial charge in [0.05, 0.1) is 32.0 Å². The summed E-state index contributed by atoms with van der Waals surface area (Å²) < 4.78 is 15.9. The minimum atomic E-state index is -2.36. The second-order valence-electron chi connectivity index (χ2n) is 6.67. The van der Waals surface area contributed by atoms with Crippen LogP contribution in [0.4, 0.5) is 0 Å². The van der Waals surface area contributed by atoms with Crippen molar-refractivity contribution in [2.75, 3.05) is 54.2 Å². The van der Waals surface area contributed by atoms with Crippen molar-refractivity contribution >= 4 is 8.56 Å². The second kappa shape index (κ2) is 13.8. The van der Waals surface area contributed by atoms with Gasteiger partial charge in [-0.05, 0) is 13.5 Å². The third kappa shape index (κ3) is 10.7. The van der Waals surface area contributed by atoms with Gasteiger partial charge in [-0.15, -0.1) is 0 Å². The molecule has 162 valence electrons. The minimum absolute atomic E-state index is 0.0509. The van der Waals surface area contributed by atoms with Crippen molar-refractivity contribution in [3.63, 3.8) is 0 Å². The molecule has 5 atom stereocenters. The van der Waals surface area contributed by atoms with E-state index in [4.69, 9.17) is 18.7 Å². The largest absolute Gasteiger partial charge is 0.568 e. The standard InChI is InChI=1S/C16H36NO9Si/c1-17(9-13(20)15(22)16(23)14(21)10-18)8-12(19)11-26-6-5-7-27(4,24-2)25-3/h12-16,18-23H,4-11H2,1-3H3/q+1. The second-order valence-corrected chi connectivity index (χ2v) is 9.81. The summed E-state index contributed by atoms with van der Waals surface area (Å²) in [5, 5.41) is 57.3. The van der Waals surface area contributed by atoms with Crippen LogP contribution in [-0.2, 0) is 13.6 Å². The highest BCUT2D eigenvalue weighted by Gasteiger charge is 2.40. The first kappa shape index (κ1) is 26.7. The Morgan fingerprint density at radius 1 is 0.963 bits per heavy atom. The number of hydrogen-bond donors (Lipinski definition) is 6. The summed E-state index contributed by atoms with van der Waals surface area (Å²) in [6, 6.07) is 0.669. The Morgan fingerprint density at radius 2 is 1.52 bits per heavy atom. The SMILES string of the molecule is [CH2+][Si](CCCOCC(O)CN(C)CC(O)C(O)C(O)C(O)CO)(OC)OC. The van der Waals surface area contributed by atoms with Crippen LogP contribution in [0, 0.1) is 6.55 Å². The van der Waals surface area contributed by atoms with Crippen LogP contribution in [0.3, 0.4) is 0 Å². The average molecular weight is 415 g/mol. The van der Waals surface area contributed by atoms with Gasteiger partial charge in [-0.1, -0.05) is 0 Å². The molecule has 0 radical (unpaired) electrons. The van der Waals surface area contributed by atoms with Crippen molar-refractivity contribution in [1.82, 2.24) is 4.90 Å². The molecule has 0 spiro atoms. The zero-order valence-electron chi connectivity index (χ0n) is 16.4. The number of hydrogen-bond acceptors (Lipinski definition) is 10. The van der Waals surface area contributed by atoms with Crippen molar-refractivity contribution in [3.05, 3.63) is 6.55 Å². The van der Waals surface area contributed by atoms with Crippen molar-refractivity contribution in [1.29, 1.82) is 0 Å². The molecule has 0 aromatic rings. The Hall–Kier alpha value is -0.313. The highest BCUT2D eigenvalue weighted by Crippen LogP contribution is 2.12. The predicted octanol–water partition coefficient (Wildman–Crippen LogP) is -2.77. The van der Waals surface area contributed by atoms with Gasteiger partial charge in [-0.25, -0.2) is 0 Å². The number of ether oxygens (including phenoxy) is 1. The highest BCUT2D eigenvalue weighted by atomic mass is 28.4. The van der Waals surface area contributed by atoms with Crippen LogP contribution >= 0.6 is 0 Å². The van der Waals surface area contributed by atoms with E-state index in [1.54, 1.807) is 26.2 Å². The lowest BCUT2D eigenvalue weighted by molar-refractivity contribution is -0.119. The summed E-state index contributed by atoms with van der Waals surface area (Å²) in [5.74, 6) is 0. The monoisotopic (exact) mass is 414 g/mol. The van der Waals surface area contributed by atoms with Gasteiger partial charge in [0.25, 0.3) is 0 Å². The van der Waals surface area contributed by atoms with Crippen LogP contribution in [0.2, 0.25) is 6.04 Å². The van der Waals surface area contributed by atoms with Crippen LogP contribution in [0.1, 0.15) is 6.42 Å². The van der Waals surface area contributed by atoms with Gasteiger partial charge in [0.15, 0.2) is 0 Å². The van der Waals surface area contributed by atoms with E-state index in [1.165, 1.54) is 0 Å². The van der Waals surface area contributed by atoms with E-state index in [9.17, 15) is 25.5 Å². The Morgan fingerprint density at radius 3 is 2.04 bits per heavy atom. The molecule has 0 rings (SSSR count). The molecular formula is C16H36NO9Si+. The Balaban J connectivity index is 4.05. The van der Waals surface area contributed by atoms with E-state index < -0.39 is 45.7 Å². The van der Waals surface area contributed by atoms with Crippen LogP contribution in [-0.4, -0.2) is 129 Å². The zero-order chi connectivity index (χ0) is 21.0. The summed E-state index contributed by atoms with van der Waals surface area (Å²) in [6.45, 7) is 3.85. The zero-order valence-corrected chi connectivity index (χ0v) is 17.4. The van der Waals surface area contributed by atoms with E-state index in [1.807, 2.05) is 0 Å².